The molecule has 158 valence electrons. The zero-order valence-corrected chi connectivity index (χ0v) is 18.1. The summed E-state index contributed by atoms with van der Waals surface area (Å²) in [7, 11) is -3.82. The molecule has 0 saturated heterocycles. The molecular weight excluding hydrogens is 426 g/mol. The molecule has 11 heteroatoms. The van der Waals surface area contributed by atoms with Gasteiger partial charge in [-0.05, 0) is 31.6 Å². The molecule has 4 rings (SSSR count). The van der Waals surface area contributed by atoms with Crippen molar-refractivity contribution < 1.29 is 8.42 Å². The van der Waals surface area contributed by atoms with Crippen LogP contribution in [-0.2, 0) is 15.7 Å². The average molecular weight is 448 g/mol. The van der Waals surface area contributed by atoms with Gasteiger partial charge in [0.15, 0.2) is 5.65 Å². The molecule has 0 unspecified atom stereocenters. The second kappa shape index (κ2) is 8.15. The Morgan fingerprint density at radius 3 is 2.50 bits per heavy atom. The van der Waals surface area contributed by atoms with Gasteiger partial charge in [0.05, 0.1) is 11.2 Å². The van der Waals surface area contributed by atoms with Crippen molar-refractivity contribution in [3.63, 3.8) is 0 Å². The van der Waals surface area contributed by atoms with Gasteiger partial charge in [-0.2, -0.15) is 13.1 Å². The molecule has 0 spiro atoms. The lowest BCUT2D eigenvalue weighted by Gasteiger charge is -2.25. The fourth-order valence-corrected chi connectivity index (χ4v) is 4.18. The first-order chi connectivity index (χ1) is 13.7. The van der Waals surface area contributed by atoms with Crippen LogP contribution in [0, 0.1) is 0 Å². The molecule has 30 heavy (non-hydrogen) atoms. The zero-order chi connectivity index (χ0) is 20.6. The number of hydrogen-bond donors (Lipinski definition) is 2. The van der Waals surface area contributed by atoms with Crippen molar-refractivity contribution >= 4 is 39.9 Å². The Kier molecular flexibility index (Phi) is 5.95. The first kappa shape index (κ1) is 21.9. The van der Waals surface area contributed by atoms with Crippen molar-refractivity contribution in [2.75, 3.05) is 11.7 Å². The average Bonchev–Trinajstić information content (AvgIpc) is 3.11. The van der Waals surface area contributed by atoms with Gasteiger partial charge < -0.3 is 0 Å². The van der Waals surface area contributed by atoms with E-state index in [1.807, 2.05) is 58.5 Å². The number of nitrogens with two attached hydrogens (primary N) is 1. The van der Waals surface area contributed by atoms with Gasteiger partial charge in [-0.15, -0.1) is 12.4 Å². The molecule has 0 bridgehead atoms. The van der Waals surface area contributed by atoms with E-state index in [4.69, 9.17) is 5.14 Å². The summed E-state index contributed by atoms with van der Waals surface area (Å²) in [5.41, 5.74) is 2.42. The summed E-state index contributed by atoms with van der Waals surface area (Å²) < 4.78 is 27.2. The van der Waals surface area contributed by atoms with Gasteiger partial charge in [0.25, 0.3) is 10.2 Å². The third kappa shape index (κ3) is 4.36. The molecule has 0 saturated carbocycles. The topological polar surface area (TPSA) is 118 Å². The highest BCUT2D eigenvalue weighted by molar-refractivity contribution is 7.87. The number of benzene rings is 1. The molecule has 1 aliphatic rings. The maximum atomic E-state index is 11.4. The molecule has 0 radical (unpaired) electrons. The number of halogens is 1. The van der Waals surface area contributed by atoms with E-state index in [0.717, 1.165) is 27.9 Å². The van der Waals surface area contributed by atoms with Crippen LogP contribution in [0.1, 0.15) is 19.4 Å². The standard InChI is InChI=1S/C19H21N7O2S.ClH/c1-19(2,24-29(20,27)28)15-6-4-14(5-7-15)17-16-8-11-26(18(16)23-12-22-17)25-10-3-9-21-13-25;/h3-12,24H,13H2,1-2H3,(H2,20,27,28);1H. The fourth-order valence-electron chi connectivity index (χ4n) is 3.35. The highest BCUT2D eigenvalue weighted by Crippen LogP contribution is 2.29. The lowest BCUT2D eigenvalue weighted by atomic mass is 9.94. The molecule has 9 nitrogen and oxygen atoms in total. The Balaban J connectivity index is 0.00000256. The van der Waals surface area contributed by atoms with Gasteiger partial charge in [0.2, 0.25) is 0 Å². The van der Waals surface area contributed by atoms with E-state index in [2.05, 4.69) is 19.7 Å². The largest absolute Gasteiger partial charge is 0.275 e. The van der Waals surface area contributed by atoms with Crippen LogP contribution in [0.4, 0.5) is 0 Å². The minimum atomic E-state index is -3.82. The van der Waals surface area contributed by atoms with Gasteiger partial charge in [0, 0.05) is 29.6 Å². The van der Waals surface area contributed by atoms with Crippen LogP contribution in [0.3, 0.4) is 0 Å². The lowest BCUT2D eigenvalue weighted by molar-refractivity contribution is 0.473. The number of nitrogens with one attached hydrogen (secondary N) is 1. The summed E-state index contributed by atoms with van der Waals surface area (Å²) >= 11 is 0. The number of nitrogens with zero attached hydrogens (tertiary/aromatic N) is 5. The molecule has 0 aliphatic carbocycles. The van der Waals surface area contributed by atoms with Gasteiger partial charge in [-0.25, -0.2) is 19.8 Å². The highest BCUT2D eigenvalue weighted by atomic mass is 35.5. The molecule has 1 aliphatic heterocycles. The van der Waals surface area contributed by atoms with Crippen molar-refractivity contribution in [3.8, 4) is 11.3 Å². The van der Waals surface area contributed by atoms with Crippen molar-refractivity contribution in [2.45, 2.75) is 19.4 Å². The number of fused-ring (bicyclic) bond motifs is 1. The Hall–Kier alpha value is -2.79. The van der Waals surface area contributed by atoms with E-state index < -0.39 is 15.7 Å². The van der Waals surface area contributed by atoms with Crippen LogP contribution < -0.4 is 14.9 Å². The third-order valence-electron chi connectivity index (χ3n) is 4.69. The van der Waals surface area contributed by atoms with Crippen LogP contribution in [0.15, 0.2) is 60.1 Å². The molecule has 0 atom stereocenters. The molecular formula is C19H22ClN7O2S. The quantitative estimate of drug-likeness (QED) is 0.620. The van der Waals surface area contributed by atoms with Crippen LogP contribution >= 0.6 is 12.4 Å². The first-order valence-electron chi connectivity index (χ1n) is 8.93. The predicted octanol–water partition coefficient (Wildman–Crippen LogP) is 2.04. The third-order valence-corrected chi connectivity index (χ3v) is 5.49. The Morgan fingerprint density at radius 2 is 1.87 bits per heavy atom. The number of rotatable bonds is 5. The highest BCUT2D eigenvalue weighted by Gasteiger charge is 2.25. The molecule has 0 fully saturated rings. The molecule has 3 aromatic rings. The minimum absolute atomic E-state index is 0. The van der Waals surface area contributed by atoms with Crippen molar-refractivity contribution in [2.24, 2.45) is 10.1 Å². The lowest BCUT2D eigenvalue weighted by Crippen LogP contribution is -2.44. The van der Waals surface area contributed by atoms with Crippen LogP contribution in [0.25, 0.3) is 22.3 Å². The van der Waals surface area contributed by atoms with Crippen molar-refractivity contribution in [1.29, 1.82) is 0 Å². The summed E-state index contributed by atoms with van der Waals surface area (Å²) in [6, 6.07) is 9.51. The van der Waals surface area contributed by atoms with Gasteiger partial charge in [-0.1, -0.05) is 24.3 Å². The zero-order valence-electron chi connectivity index (χ0n) is 16.4. The Labute approximate surface area is 180 Å². The molecule has 1 aromatic carbocycles. The van der Waals surface area contributed by atoms with Gasteiger partial charge in [0.1, 0.15) is 13.0 Å². The number of hydrogen-bond acceptors (Lipinski definition) is 6. The summed E-state index contributed by atoms with van der Waals surface area (Å²) in [4.78, 5) is 13.2. The second-order valence-corrected chi connectivity index (χ2v) is 8.52. The van der Waals surface area contributed by atoms with Crippen molar-refractivity contribution in [3.05, 3.63) is 60.7 Å². The molecule has 0 amide bonds. The van der Waals surface area contributed by atoms with E-state index in [-0.39, 0.29) is 12.4 Å². The maximum absolute atomic E-state index is 11.4. The van der Waals surface area contributed by atoms with Crippen LogP contribution in [0.2, 0.25) is 0 Å². The van der Waals surface area contributed by atoms with Crippen molar-refractivity contribution in [1.82, 2.24) is 19.4 Å². The smallest absolute Gasteiger partial charge is 0.270 e. The van der Waals surface area contributed by atoms with Gasteiger partial charge in [-0.3, -0.25) is 10.0 Å². The number of allylic oxidation sites excluding steroid dienone is 1. The minimum Gasteiger partial charge on any atom is -0.270 e. The Morgan fingerprint density at radius 1 is 1.13 bits per heavy atom. The molecule has 2 aromatic heterocycles. The number of aromatic nitrogens is 3. The van der Waals surface area contributed by atoms with Crippen LogP contribution in [0.5, 0.6) is 0 Å². The van der Waals surface area contributed by atoms with E-state index in [9.17, 15) is 8.42 Å². The van der Waals surface area contributed by atoms with E-state index in [1.54, 1.807) is 20.1 Å². The Bertz CT molecular complexity index is 1220. The summed E-state index contributed by atoms with van der Waals surface area (Å²) in [6.45, 7) is 4.02. The van der Waals surface area contributed by atoms with E-state index in [0.29, 0.717) is 6.67 Å². The van der Waals surface area contributed by atoms with Gasteiger partial charge >= 0.3 is 0 Å². The summed E-state index contributed by atoms with van der Waals surface area (Å²) in [6.07, 6.45) is 9.03. The fraction of sp³-hybridized carbons (Fsp3) is 0.211. The normalized spacial score (nSPS) is 14.2. The molecule has 3 N–H and O–H groups in total. The summed E-state index contributed by atoms with van der Waals surface area (Å²) in [5, 5.41) is 7.99. The first-order valence-corrected chi connectivity index (χ1v) is 10.5. The predicted molar refractivity (Wildman–Crippen MR) is 120 cm³/mol. The molecule has 3 heterocycles. The van der Waals surface area contributed by atoms with E-state index in [1.165, 1.54) is 6.33 Å². The summed E-state index contributed by atoms with van der Waals surface area (Å²) in [5.74, 6) is 0. The SMILES string of the molecule is CC(C)(NS(N)(=O)=O)c1ccc(-c2ncnc3c2ccn3N2C=CC=NC2)cc1.Cl. The monoisotopic (exact) mass is 447 g/mol. The number of aliphatic imine (C=N–C) groups is 1. The van der Waals surface area contributed by atoms with E-state index >= 15 is 0 Å². The second-order valence-electron chi connectivity index (χ2n) is 7.22. The maximum Gasteiger partial charge on any atom is 0.275 e. The van der Waals surface area contributed by atoms with Crippen LogP contribution in [-0.4, -0.2) is 35.9 Å².